The quantitative estimate of drug-likeness (QED) is 0.655. The van der Waals surface area contributed by atoms with Crippen molar-refractivity contribution in [2.45, 2.75) is 32.2 Å². The smallest absolute Gasteiger partial charge is 0.303 e. The number of hydrogen-bond acceptors (Lipinski definition) is 3. The highest BCUT2D eigenvalue weighted by molar-refractivity contribution is 7.92. The van der Waals surface area contributed by atoms with E-state index in [0.29, 0.717) is 24.9 Å². The summed E-state index contributed by atoms with van der Waals surface area (Å²) in [6.07, 6.45) is 1.61. The van der Waals surface area contributed by atoms with Gasteiger partial charge in [-0.25, -0.2) is 8.42 Å². The molecule has 0 unspecified atom stereocenters. The van der Waals surface area contributed by atoms with E-state index in [9.17, 15) is 13.2 Å². The van der Waals surface area contributed by atoms with Crippen LogP contribution < -0.4 is 4.31 Å². The van der Waals surface area contributed by atoms with E-state index in [1.165, 1.54) is 4.31 Å². The molecule has 134 valence electrons. The maximum absolute atomic E-state index is 12.8. The van der Waals surface area contributed by atoms with E-state index in [1.807, 2.05) is 48.5 Å². The predicted molar refractivity (Wildman–Crippen MR) is 99.0 cm³/mol. The van der Waals surface area contributed by atoms with Crippen LogP contribution in [0.5, 0.6) is 0 Å². The fourth-order valence-corrected chi connectivity index (χ4v) is 4.12. The van der Waals surface area contributed by atoms with E-state index < -0.39 is 16.0 Å². The highest BCUT2D eigenvalue weighted by Crippen LogP contribution is 2.22. The van der Waals surface area contributed by atoms with Crippen LogP contribution in [-0.4, -0.2) is 25.2 Å². The second-order valence-corrected chi connectivity index (χ2v) is 7.86. The third-order valence-electron chi connectivity index (χ3n) is 3.84. The second-order valence-electron chi connectivity index (χ2n) is 5.85. The molecule has 0 radical (unpaired) electrons. The Morgan fingerprint density at radius 3 is 2.08 bits per heavy atom. The zero-order chi connectivity index (χ0) is 18.1. The van der Waals surface area contributed by atoms with E-state index in [1.54, 1.807) is 12.1 Å². The van der Waals surface area contributed by atoms with Gasteiger partial charge in [0.15, 0.2) is 0 Å². The van der Waals surface area contributed by atoms with Crippen LogP contribution in [0.25, 0.3) is 0 Å². The maximum atomic E-state index is 12.8. The number of carbonyl (C=O) groups is 1. The topological polar surface area (TPSA) is 74.7 Å². The Hall–Kier alpha value is -2.34. The van der Waals surface area contributed by atoms with Crippen molar-refractivity contribution in [2.24, 2.45) is 0 Å². The highest BCUT2D eigenvalue weighted by Gasteiger charge is 2.22. The summed E-state index contributed by atoms with van der Waals surface area (Å²) in [5, 5.41) is 8.65. The lowest BCUT2D eigenvalue weighted by Gasteiger charge is -2.24. The summed E-state index contributed by atoms with van der Waals surface area (Å²) >= 11 is 0. The third-order valence-corrected chi connectivity index (χ3v) is 5.66. The molecule has 0 atom stereocenters. The fourth-order valence-electron chi connectivity index (χ4n) is 2.54. The lowest BCUT2D eigenvalue weighted by molar-refractivity contribution is -0.137. The molecule has 0 aliphatic carbocycles. The molecule has 0 aliphatic heterocycles. The zero-order valence-corrected chi connectivity index (χ0v) is 14.9. The Labute approximate surface area is 149 Å². The summed E-state index contributed by atoms with van der Waals surface area (Å²) in [5.74, 6) is -0.841. The molecule has 2 aromatic carbocycles. The largest absolute Gasteiger partial charge is 0.481 e. The number of para-hydroxylation sites is 1. The minimum absolute atomic E-state index is 0.00828. The minimum Gasteiger partial charge on any atom is -0.481 e. The van der Waals surface area contributed by atoms with Crippen LogP contribution >= 0.6 is 0 Å². The second kappa shape index (κ2) is 9.22. The summed E-state index contributed by atoms with van der Waals surface area (Å²) < 4.78 is 27.1. The summed E-state index contributed by atoms with van der Waals surface area (Å²) in [6.45, 7) is 0.280. The lowest BCUT2D eigenvalue weighted by atomic mass is 10.2. The number of carboxylic acids is 1. The standard InChI is InChI=1S/C19H23NO4S/c21-19(22)14-8-3-9-15-25(23,24)20(18-12-6-2-7-13-18)16-17-10-4-1-5-11-17/h1-2,4-7,10-13H,3,8-9,14-16H2,(H,21,22). The molecular formula is C19H23NO4S. The van der Waals surface area contributed by atoms with Crippen molar-refractivity contribution in [3.63, 3.8) is 0 Å². The van der Waals surface area contributed by atoms with E-state index in [2.05, 4.69) is 0 Å². The maximum Gasteiger partial charge on any atom is 0.303 e. The van der Waals surface area contributed by atoms with Crippen LogP contribution in [0.4, 0.5) is 5.69 Å². The molecule has 2 aromatic rings. The monoisotopic (exact) mass is 361 g/mol. The van der Waals surface area contributed by atoms with Crippen molar-refractivity contribution < 1.29 is 18.3 Å². The molecule has 0 saturated heterocycles. The summed E-state index contributed by atoms with van der Waals surface area (Å²) in [6, 6.07) is 18.5. The van der Waals surface area contributed by atoms with E-state index >= 15 is 0 Å². The van der Waals surface area contributed by atoms with Gasteiger partial charge in [0.2, 0.25) is 10.0 Å². The lowest BCUT2D eigenvalue weighted by Crippen LogP contribution is -2.32. The summed E-state index contributed by atoms with van der Waals surface area (Å²) in [7, 11) is -3.49. The van der Waals surface area contributed by atoms with Crippen LogP contribution in [-0.2, 0) is 21.4 Å². The number of hydrogen-bond donors (Lipinski definition) is 1. The van der Waals surface area contributed by atoms with Crippen LogP contribution in [0.15, 0.2) is 60.7 Å². The Kier molecular flexibility index (Phi) is 7.01. The average Bonchev–Trinajstić information content (AvgIpc) is 2.60. The van der Waals surface area contributed by atoms with Crippen molar-refractivity contribution in [3.8, 4) is 0 Å². The molecule has 0 aliphatic rings. The van der Waals surface area contributed by atoms with Gasteiger partial charge in [0, 0.05) is 6.42 Å². The number of aliphatic carboxylic acids is 1. The number of anilines is 1. The number of carboxylic acid groups (broad SMARTS) is 1. The van der Waals surface area contributed by atoms with Gasteiger partial charge in [-0.1, -0.05) is 55.0 Å². The molecule has 25 heavy (non-hydrogen) atoms. The molecule has 0 heterocycles. The van der Waals surface area contributed by atoms with Crippen LogP contribution in [0.3, 0.4) is 0 Å². The highest BCUT2D eigenvalue weighted by atomic mass is 32.2. The third kappa shape index (κ3) is 6.23. The first kappa shape index (κ1) is 19.0. The molecule has 0 spiro atoms. The van der Waals surface area contributed by atoms with Crippen LogP contribution in [0.1, 0.15) is 31.2 Å². The first-order valence-electron chi connectivity index (χ1n) is 8.30. The Bertz CT molecular complexity index is 761. The summed E-state index contributed by atoms with van der Waals surface area (Å²) in [5.41, 5.74) is 1.55. The normalized spacial score (nSPS) is 11.2. The van der Waals surface area contributed by atoms with Gasteiger partial charge in [-0.3, -0.25) is 9.10 Å². The number of benzene rings is 2. The molecule has 6 heteroatoms. The van der Waals surface area contributed by atoms with E-state index in [-0.39, 0.29) is 18.7 Å². The van der Waals surface area contributed by atoms with Gasteiger partial charge in [0.1, 0.15) is 0 Å². The van der Waals surface area contributed by atoms with Gasteiger partial charge in [-0.2, -0.15) is 0 Å². The molecule has 0 bridgehead atoms. The minimum atomic E-state index is -3.49. The SMILES string of the molecule is O=C(O)CCCCCS(=O)(=O)N(Cc1ccccc1)c1ccccc1. The van der Waals surface area contributed by atoms with Gasteiger partial charge in [0.25, 0.3) is 0 Å². The summed E-state index contributed by atoms with van der Waals surface area (Å²) in [4.78, 5) is 10.5. The number of unbranched alkanes of at least 4 members (excludes halogenated alkanes) is 2. The Morgan fingerprint density at radius 2 is 1.48 bits per heavy atom. The van der Waals surface area contributed by atoms with Crippen LogP contribution in [0.2, 0.25) is 0 Å². The van der Waals surface area contributed by atoms with Gasteiger partial charge in [-0.05, 0) is 30.5 Å². The fraction of sp³-hybridized carbons (Fsp3) is 0.316. The molecule has 0 aromatic heterocycles. The molecular weight excluding hydrogens is 338 g/mol. The van der Waals surface area contributed by atoms with Crippen molar-refractivity contribution >= 4 is 21.7 Å². The van der Waals surface area contributed by atoms with Crippen molar-refractivity contribution in [2.75, 3.05) is 10.1 Å². The van der Waals surface area contributed by atoms with Gasteiger partial charge < -0.3 is 5.11 Å². The zero-order valence-electron chi connectivity index (χ0n) is 14.0. The van der Waals surface area contributed by atoms with Gasteiger partial charge in [0.05, 0.1) is 18.0 Å². The predicted octanol–water partition coefficient (Wildman–Crippen LogP) is 3.67. The molecule has 0 saturated carbocycles. The first-order chi connectivity index (χ1) is 12.0. The molecule has 2 rings (SSSR count). The van der Waals surface area contributed by atoms with Crippen molar-refractivity contribution in [1.29, 1.82) is 0 Å². The van der Waals surface area contributed by atoms with E-state index in [4.69, 9.17) is 5.11 Å². The molecule has 5 nitrogen and oxygen atoms in total. The molecule has 0 amide bonds. The Balaban J connectivity index is 2.09. The average molecular weight is 361 g/mol. The van der Waals surface area contributed by atoms with Gasteiger partial charge in [-0.15, -0.1) is 0 Å². The van der Waals surface area contributed by atoms with Gasteiger partial charge >= 0.3 is 5.97 Å². The first-order valence-corrected chi connectivity index (χ1v) is 9.91. The van der Waals surface area contributed by atoms with Crippen molar-refractivity contribution in [1.82, 2.24) is 0 Å². The van der Waals surface area contributed by atoms with Crippen LogP contribution in [0, 0.1) is 0 Å². The Morgan fingerprint density at radius 1 is 0.880 bits per heavy atom. The number of rotatable bonds is 10. The molecule has 0 fully saturated rings. The number of sulfonamides is 1. The van der Waals surface area contributed by atoms with Crippen molar-refractivity contribution in [3.05, 3.63) is 66.2 Å². The van der Waals surface area contributed by atoms with E-state index in [0.717, 1.165) is 5.56 Å². The molecule has 1 N–H and O–H groups in total. The number of nitrogens with zero attached hydrogens (tertiary/aromatic N) is 1.